The second-order valence-electron chi connectivity index (χ2n) is 4.06. The van der Waals surface area contributed by atoms with E-state index >= 15 is 0 Å². The summed E-state index contributed by atoms with van der Waals surface area (Å²) in [7, 11) is 0. The van der Waals surface area contributed by atoms with Gasteiger partial charge in [0, 0.05) is 5.92 Å². The number of rotatable bonds is 3. The zero-order chi connectivity index (χ0) is 10.1. The summed E-state index contributed by atoms with van der Waals surface area (Å²) in [6.07, 6.45) is 1.76. The summed E-state index contributed by atoms with van der Waals surface area (Å²) in [4.78, 5) is 0. The van der Waals surface area contributed by atoms with Crippen LogP contribution in [0, 0.1) is 5.92 Å². The topological polar surface area (TPSA) is 49.7 Å². The van der Waals surface area contributed by atoms with E-state index in [9.17, 15) is 10.2 Å². The lowest BCUT2D eigenvalue weighted by atomic mass is 9.83. The smallest absolute Gasteiger partial charge is 0.184 e. The third kappa shape index (κ3) is 1.87. The first-order chi connectivity index (χ1) is 6.04. The van der Waals surface area contributed by atoms with Gasteiger partial charge in [0.1, 0.15) is 5.60 Å². The Morgan fingerprint density at radius 1 is 1.38 bits per heavy atom. The highest BCUT2D eigenvalue weighted by Gasteiger charge is 2.50. The molecule has 0 aliphatic carbocycles. The van der Waals surface area contributed by atoms with E-state index in [-0.39, 0.29) is 12.0 Å². The minimum Gasteiger partial charge on any atom is -0.384 e. The molecular weight excluding hydrogens is 168 g/mol. The minimum atomic E-state index is -1.07. The van der Waals surface area contributed by atoms with Crippen LogP contribution in [0.1, 0.15) is 40.0 Å². The highest BCUT2D eigenvalue weighted by atomic mass is 16.6. The molecule has 13 heavy (non-hydrogen) atoms. The molecule has 0 radical (unpaired) electrons. The fourth-order valence-corrected chi connectivity index (χ4v) is 2.19. The predicted molar refractivity (Wildman–Crippen MR) is 50.2 cm³/mol. The van der Waals surface area contributed by atoms with Crippen LogP contribution in [-0.2, 0) is 4.74 Å². The Balaban J connectivity index is 2.70. The van der Waals surface area contributed by atoms with Crippen LogP contribution in [0.5, 0.6) is 0 Å². The molecule has 4 atom stereocenters. The van der Waals surface area contributed by atoms with E-state index in [2.05, 4.69) is 6.92 Å². The summed E-state index contributed by atoms with van der Waals surface area (Å²) in [5.74, 6) is 0.0578. The van der Waals surface area contributed by atoms with E-state index in [0.717, 1.165) is 19.3 Å². The van der Waals surface area contributed by atoms with Crippen LogP contribution >= 0.6 is 0 Å². The fourth-order valence-electron chi connectivity index (χ4n) is 2.19. The van der Waals surface area contributed by atoms with Crippen molar-refractivity contribution >= 4 is 0 Å². The van der Waals surface area contributed by atoms with Crippen molar-refractivity contribution in [2.45, 2.75) is 58.0 Å². The van der Waals surface area contributed by atoms with Gasteiger partial charge in [-0.3, -0.25) is 0 Å². The van der Waals surface area contributed by atoms with E-state index < -0.39 is 11.9 Å². The van der Waals surface area contributed by atoms with E-state index in [1.54, 1.807) is 6.92 Å². The Labute approximate surface area is 79.7 Å². The van der Waals surface area contributed by atoms with Gasteiger partial charge in [0.05, 0.1) is 6.10 Å². The molecule has 0 spiro atoms. The number of aliphatic hydroxyl groups is 2. The lowest BCUT2D eigenvalue weighted by Gasteiger charge is -2.26. The van der Waals surface area contributed by atoms with E-state index in [4.69, 9.17) is 4.74 Å². The van der Waals surface area contributed by atoms with Crippen molar-refractivity contribution < 1.29 is 14.9 Å². The van der Waals surface area contributed by atoms with Gasteiger partial charge < -0.3 is 14.9 Å². The van der Waals surface area contributed by atoms with Crippen molar-refractivity contribution in [3.8, 4) is 0 Å². The van der Waals surface area contributed by atoms with Gasteiger partial charge in [0.15, 0.2) is 6.29 Å². The van der Waals surface area contributed by atoms with Gasteiger partial charge in [0.25, 0.3) is 0 Å². The molecule has 1 aliphatic rings. The minimum absolute atomic E-state index is 0.0139. The molecule has 0 unspecified atom stereocenters. The lowest BCUT2D eigenvalue weighted by Crippen LogP contribution is -2.41. The maximum Gasteiger partial charge on any atom is 0.184 e. The van der Waals surface area contributed by atoms with Crippen molar-refractivity contribution in [1.82, 2.24) is 0 Å². The van der Waals surface area contributed by atoms with Crippen molar-refractivity contribution in [2.24, 2.45) is 5.92 Å². The number of aliphatic hydroxyl groups excluding tert-OH is 1. The second-order valence-corrected chi connectivity index (χ2v) is 4.06. The Bertz CT molecular complexity index is 168. The predicted octanol–water partition coefficient (Wildman–Crippen LogP) is 1.28. The summed E-state index contributed by atoms with van der Waals surface area (Å²) in [6, 6.07) is 0. The quantitative estimate of drug-likeness (QED) is 0.701. The molecule has 3 heteroatoms. The van der Waals surface area contributed by atoms with Crippen LogP contribution < -0.4 is 0 Å². The van der Waals surface area contributed by atoms with E-state index in [1.165, 1.54) is 0 Å². The number of hydrogen-bond acceptors (Lipinski definition) is 3. The highest BCUT2D eigenvalue weighted by molar-refractivity contribution is 4.94. The van der Waals surface area contributed by atoms with Gasteiger partial charge in [-0.2, -0.15) is 0 Å². The van der Waals surface area contributed by atoms with Gasteiger partial charge in [-0.15, -0.1) is 0 Å². The largest absolute Gasteiger partial charge is 0.384 e. The Morgan fingerprint density at radius 2 is 2.00 bits per heavy atom. The van der Waals surface area contributed by atoms with Crippen molar-refractivity contribution in [3.05, 3.63) is 0 Å². The van der Waals surface area contributed by atoms with Gasteiger partial charge in [-0.25, -0.2) is 0 Å². The molecule has 1 heterocycles. The van der Waals surface area contributed by atoms with Gasteiger partial charge in [-0.1, -0.05) is 20.3 Å². The third-order valence-corrected chi connectivity index (χ3v) is 3.02. The van der Waals surface area contributed by atoms with Crippen molar-refractivity contribution in [3.63, 3.8) is 0 Å². The zero-order valence-electron chi connectivity index (χ0n) is 8.66. The van der Waals surface area contributed by atoms with Gasteiger partial charge >= 0.3 is 0 Å². The fraction of sp³-hybridized carbons (Fsp3) is 1.00. The Hall–Kier alpha value is -0.120. The molecule has 1 aliphatic heterocycles. The Morgan fingerprint density at radius 3 is 2.46 bits per heavy atom. The van der Waals surface area contributed by atoms with Crippen LogP contribution in [0.25, 0.3) is 0 Å². The first-order valence-electron chi connectivity index (χ1n) is 5.09. The first kappa shape index (κ1) is 11.0. The monoisotopic (exact) mass is 188 g/mol. The SMILES string of the molecule is CCC[C@@H]1O[C@H](O)[C@](C)(O)[C@H]1CC. The molecule has 0 amide bonds. The molecule has 0 aromatic rings. The summed E-state index contributed by atoms with van der Waals surface area (Å²) >= 11 is 0. The zero-order valence-corrected chi connectivity index (χ0v) is 8.66. The number of ether oxygens (including phenoxy) is 1. The molecule has 3 nitrogen and oxygen atoms in total. The molecule has 1 fully saturated rings. The van der Waals surface area contributed by atoms with Crippen LogP contribution in [0.3, 0.4) is 0 Å². The standard InChI is InChI=1S/C10H20O3/c1-4-6-8-7(5-2)10(3,12)9(11)13-8/h7-9,11-12H,4-6H2,1-3H3/t7-,8-,9-,10+/m0/s1. The van der Waals surface area contributed by atoms with Gasteiger partial charge in [0.2, 0.25) is 0 Å². The van der Waals surface area contributed by atoms with Crippen molar-refractivity contribution in [1.29, 1.82) is 0 Å². The molecular formula is C10H20O3. The molecule has 78 valence electrons. The first-order valence-corrected chi connectivity index (χ1v) is 5.09. The normalized spacial score (nSPS) is 45.5. The summed E-state index contributed by atoms with van der Waals surface area (Å²) < 4.78 is 5.33. The molecule has 0 saturated carbocycles. The molecule has 0 aromatic heterocycles. The average Bonchev–Trinajstić information content (AvgIpc) is 2.24. The van der Waals surface area contributed by atoms with Gasteiger partial charge in [-0.05, 0) is 19.8 Å². The van der Waals surface area contributed by atoms with E-state index in [0.29, 0.717) is 0 Å². The molecule has 2 N–H and O–H groups in total. The third-order valence-electron chi connectivity index (χ3n) is 3.02. The molecule has 0 bridgehead atoms. The summed E-state index contributed by atoms with van der Waals surface area (Å²) in [6.45, 7) is 5.75. The second kappa shape index (κ2) is 3.95. The van der Waals surface area contributed by atoms with Crippen LogP contribution in [0.15, 0.2) is 0 Å². The number of hydrogen-bond donors (Lipinski definition) is 2. The molecule has 0 aromatic carbocycles. The highest BCUT2D eigenvalue weighted by Crippen LogP contribution is 2.38. The van der Waals surface area contributed by atoms with E-state index in [1.807, 2.05) is 6.92 Å². The average molecular weight is 188 g/mol. The summed E-state index contributed by atoms with van der Waals surface area (Å²) in [5, 5.41) is 19.4. The Kier molecular flexibility index (Phi) is 3.33. The molecule has 1 rings (SSSR count). The molecule has 1 saturated heterocycles. The maximum atomic E-state index is 9.94. The van der Waals surface area contributed by atoms with Crippen LogP contribution in [0.4, 0.5) is 0 Å². The van der Waals surface area contributed by atoms with Crippen molar-refractivity contribution in [2.75, 3.05) is 0 Å². The van der Waals surface area contributed by atoms with Crippen LogP contribution in [0.2, 0.25) is 0 Å². The maximum absolute atomic E-state index is 9.94. The van der Waals surface area contributed by atoms with Crippen LogP contribution in [-0.4, -0.2) is 28.2 Å². The lowest BCUT2D eigenvalue weighted by molar-refractivity contribution is -0.164. The summed E-state index contributed by atoms with van der Waals surface area (Å²) in [5.41, 5.74) is -1.07.